The monoisotopic (exact) mass is 378 g/mol. The van der Waals surface area contributed by atoms with Crippen LogP contribution in [-0.4, -0.2) is 27.1 Å². The Labute approximate surface area is 153 Å². The van der Waals surface area contributed by atoms with Crippen molar-refractivity contribution < 1.29 is 17.6 Å². The van der Waals surface area contributed by atoms with E-state index in [9.17, 15) is 17.6 Å². The van der Waals surface area contributed by atoms with Gasteiger partial charge in [0.1, 0.15) is 5.82 Å². The number of halogens is 1. The Bertz CT molecular complexity index is 819. The number of anilines is 1. The lowest BCUT2D eigenvalue weighted by molar-refractivity contribution is -0.121. The Morgan fingerprint density at radius 1 is 0.962 bits per heavy atom. The number of hydrogen-bond acceptors (Lipinski definition) is 3. The maximum absolute atomic E-state index is 12.8. The summed E-state index contributed by atoms with van der Waals surface area (Å²) in [5, 5.41) is 2.87. The summed E-state index contributed by atoms with van der Waals surface area (Å²) in [4.78, 5) is 11.8. The second kappa shape index (κ2) is 9.33. The Hall–Kier alpha value is -2.41. The minimum absolute atomic E-state index is 0.0259. The molecule has 0 atom stereocenters. The van der Waals surface area contributed by atoms with Crippen molar-refractivity contribution in [1.29, 1.82) is 0 Å². The first-order valence-electron chi connectivity index (χ1n) is 8.40. The van der Waals surface area contributed by atoms with Crippen LogP contribution < -0.4 is 10.0 Å². The zero-order valence-corrected chi connectivity index (χ0v) is 15.5. The van der Waals surface area contributed by atoms with E-state index in [1.165, 1.54) is 12.1 Å². The molecule has 2 N–H and O–H groups in total. The van der Waals surface area contributed by atoms with E-state index in [0.717, 1.165) is 30.2 Å². The summed E-state index contributed by atoms with van der Waals surface area (Å²) in [6, 6.07) is 13.3. The maximum Gasteiger partial charge on any atom is 0.229 e. The highest BCUT2D eigenvalue weighted by molar-refractivity contribution is 7.92. The predicted molar refractivity (Wildman–Crippen MR) is 101 cm³/mol. The third-order valence-electron chi connectivity index (χ3n) is 3.78. The molecule has 7 heteroatoms. The van der Waals surface area contributed by atoms with E-state index in [-0.39, 0.29) is 11.7 Å². The lowest BCUT2D eigenvalue weighted by Gasteiger charge is -2.07. The van der Waals surface area contributed by atoms with Gasteiger partial charge in [-0.1, -0.05) is 24.3 Å². The topological polar surface area (TPSA) is 75.3 Å². The first-order valence-corrected chi connectivity index (χ1v) is 10.3. The van der Waals surface area contributed by atoms with Gasteiger partial charge in [-0.2, -0.15) is 0 Å². The van der Waals surface area contributed by atoms with E-state index in [0.29, 0.717) is 25.1 Å². The van der Waals surface area contributed by atoms with Gasteiger partial charge in [0.15, 0.2) is 0 Å². The molecule has 0 aliphatic rings. The molecule has 0 saturated heterocycles. The fourth-order valence-corrected chi connectivity index (χ4v) is 3.04. The Morgan fingerprint density at radius 3 is 2.15 bits per heavy atom. The van der Waals surface area contributed by atoms with E-state index in [1.807, 2.05) is 12.1 Å². The van der Waals surface area contributed by atoms with Crippen LogP contribution in [0.25, 0.3) is 0 Å². The molecule has 1 amide bonds. The third-order valence-corrected chi connectivity index (χ3v) is 4.38. The Balaban J connectivity index is 1.65. The number of carbonyl (C=O) groups excluding carboxylic acids is 1. The molecule has 0 heterocycles. The first kappa shape index (κ1) is 19.9. The molecule has 0 bridgehead atoms. The van der Waals surface area contributed by atoms with E-state index < -0.39 is 10.0 Å². The van der Waals surface area contributed by atoms with Gasteiger partial charge in [-0.05, 0) is 54.7 Å². The third kappa shape index (κ3) is 7.65. The number of rotatable bonds is 9. The van der Waals surface area contributed by atoms with Crippen molar-refractivity contribution in [1.82, 2.24) is 5.32 Å². The van der Waals surface area contributed by atoms with Gasteiger partial charge in [-0.15, -0.1) is 0 Å². The second-order valence-corrected chi connectivity index (χ2v) is 7.90. The molecule has 0 spiro atoms. The molecule has 2 aromatic carbocycles. The van der Waals surface area contributed by atoms with Crippen molar-refractivity contribution in [3.8, 4) is 0 Å². The number of aryl methyl sites for hydroxylation is 2. The minimum atomic E-state index is -3.26. The molecule has 0 fully saturated rings. The van der Waals surface area contributed by atoms with Crippen LogP contribution >= 0.6 is 0 Å². The van der Waals surface area contributed by atoms with Gasteiger partial charge in [-0.25, -0.2) is 12.8 Å². The number of benzene rings is 2. The van der Waals surface area contributed by atoms with Gasteiger partial charge in [0.05, 0.1) is 6.26 Å². The summed E-state index contributed by atoms with van der Waals surface area (Å²) >= 11 is 0. The van der Waals surface area contributed by atoms with E-state index in [2.05, 4.69) is 10.0 Å². The summed E-state index contributed by atoms with van der Waals surface area (Å²) in [6.45, 7) is 0.575. The Kier molecular flexibility index (Phi) is 7.15. The average Bonchev–Trinajstić information content (AvgIpc) is 2.58. The fraction of sp³-hybridized carbons (Fsp3) is 0.316. The smallest absolute Gasteiger partial charge is 0.229 e. The maximum atomic E-state index is 12.8. The number of nitrogens with one attached hydrogen (secondary N) is 2. The molecule has 2 rings (SSSR count). The van der Waals surface area contributed by atoms with Crippen molar-refractivity contribution in [3.05, 3.63) is 65.5 Å². The highest BCUT2D eigenvalue weighted by Gasteiger charge is 2.04. The fourth-order valence-electron chi connectivity index (χ4n) is 2.47. The van der Waals surface area contributed by atoms with Crippen LogP contribution in [0.5, 0.6) is 0 Å². The average molecular weight is 378 g/mol. The van der Waals surface area contributed by atoms with Crippen molar-refractivity contribution in [2.24, 2.45) is 0 Å². The van der Waals surface area contributed by atoms with Crippen molar-refractivity contribution in [2.45, 2.75) is 25.7 Å². The SMILES string of the molecule is CS(=O)(=O)Nc1ccc(CCCNC(=O)CCc2ccc(F)cc2)cc1. The van der Waals surface area contributed by atoms with E-state index in [4.69, 9.17) is 0 Å². The number of hydrogen-bond donors (Lipinski definition) is 2. The normalized spacial score (nSPS) is 11.2. The van der Waals surface area contributed by atoms with Gasteiger partial charge in [0, 0.05) is 18.7 Å². The van der Waals surface area contributed by atoms with Crippen LogP contribution in [0, 0.1) is 5.82 Å². The molecular formula is C19H23FN2O3S. The van der Waals surface area contributed by atoms with Crippen LogP contribution in [0.3, 0.4) is 0 Å². The summed E-state index contributed by atoms with van der Waals surface area (Å²) in [6.07, 6.45) is 3.65. The zero-order chi connectivity index (χ0) is 19.0. The van der Waals surface area contributed by atoms with Crippen molar-refractivity contribution >= 4 is 21.6 Å². The molecule has 0 unspecified atom stereocenters. The van der Waals surface area contributed by atoms with Crippen LogP contribution in [-0.2, 0) is 27.7 Å². The summed E-state index contributed by atoms with van der Waals surface area (Å²) < 4.78 is 37.5. The van der Waals surface area contributed by atoms with E-state index in [1.54, 1.807) is 24.3 Å². The largest absolute Gasteiger partial charge is 0.356 e. The van der Waals surface area contributed by atoms with Crippen molar-refractivity contribution in [3.63, 3.8) is 0 Å². The van der Waals surface area contributed by atoms with Crippen LogP contribution in [0.15, 0.2) is 48.5 Å². The highest BCUT2D eigenvalue weighted by Crippen LogP contribution is 2.12. The Morgan fingerprint density at radius 2 is 1.54 bits per heavy atom. The van der Waals surface area contributed by atoms with Crippen molar-refractivity contribution in [2.75, 3.05) is 17.5 Å². The van der Waals surface area contributed by atoms with Gasteiger partial charge in [0.25, 0.3) is 0 Å². The molecular weight excluding hydrogens is 355 g/mol. The number of amides is 1. The van der Waals surface area contributed by atoms with E-state index >= 15 is 0 Å². The number of carbonyl (C=O) groups is 1. The summed E-state index contributed by atoms with van der Waals surface area (Å²) in [5.74, 6) is -0.305. The lowest BCUT2D eigenvalue weighted by atomic mass is 10.1. The molecule has 0 aliphatic carbocycles. The molecule has 26 heavy (non-hydrogen) atoms. The van der Waals surface area contributed by atoms with Crippen LogP contribution in [0.2, 0.25) is 0 Å². The molecule has 5 nitrogen and oxygen atoms in total. The van der Waals surface area contributed by atoms with Gasteiger partial charge >= 0.3 is 0 Å². The minimum Gasteiger partial charge on any atom is -0.356 e. The molecule has 0 saturated carbocycles. The molecule has 140 valence electrons. The zero-order valence-electron chi connectivity index (χ0n) is 14.7. The van der Waals surface area contributed by atoms with Gasteiger partial charge in [-0.3, -0.25) is 9.52 Å². The van der Waals surface area contributed by atoms with Gasteiger partial charge in [0.2, 0.25) is 15.9 Å². The first-order chi connectivity index (χ1) is 12.3. The summed E-state index contributed by atoms with van der Waals surface area (Å²) in [5.41, 5.74) is 2.54. The van der Waals surface area contributed by atoms with Crippen LogP contribution in [0.1, 0.15) is 24.0 Å². The van der Waals surface area contributed by atoms with Crippen LogP contribution in [0.4, 0.5) is 10.1 Å². The second-order valence-electron chi connectivity index (χ2n) is 6.15. The lowest BCUT2D eigenvalue weighted by Crippen LogP contribution is -2.24. The standard InChI is InChI=1S/C19H23FN2O3S/c1-26(24,25)22-18-11-6-15(7-12-18)3-2-14-21-19(23)13-8-16-4-9-17(20)10-5-16/h4-7,9-12,22H,2-3,8,13-14H2,1H3,(H,21,23). The summed E-state index contributed by atoms with van der Waals surface area (Å²) in [7, 11) is -3.26. The molecule has 2 aromatic rings. The molecule has 0 aromatic heterocycles. The quantitative estimate of drug-likeness (QED) is 0.659. The predicted octanol–water partition coefficient (Wildman–Crippen LogP) is 2.88. The van der Waals surface area contributed by atoms with Gasteiger partial charge < -0.3 is 5.32 Å². The number of sulfonamides is 1. The molecule has 0 radical (unpaired) electrons. The molecule has 0 aliphatic heterocycles. The highest BCUT2D eigenvalue weighted by atomic mass is 32.2.